The molecule has 0 fully saturated rings. The van der Waals surface area contributed by atoms with Gasteiger partial charge in [0.1, 0.15) is 0 Å². The fourth-order valence-electron chi connectivity index (χ4n) is 1.79. The average Bonchev–Trinajstić information content (AvgIpc) is 2.38. The van der Waals surface area contributed by atoms with E-state index in [1.807, 2.05) is 7.05 Å². The molecular weight excluding hydrogens is 394 g/mol. The molecule has 22 heavy (non-hydrogen) atoms. The minimum atomic E-state index is -3.56. The number of aryl methyl sites for hydroxylation is 1. The van der Waals surface area contributed by atoms with Gasteiger partial charge in [0.15, 0.2) is 0 Å². The molecule has 126 valence electrons. The van der Waals surface area contributed by atoms with Crippen LogP contribution in [0, 0.1) is 6.92 Å². The molecule has 0 heterocycles. The van der Waals surface area contributed by atoms with Gasteiger partial charge in [-0.05, 0) is 60.6 Å². The highest BCUT2D eigenvalue weighted by atomic mass is 79.9. The van der Waals surface area contributed by atoms with E-state index in [1.54, 1.807) is 13.0 Å². The first-order valence-corrected chi connectivity index (χ1v) is 8.77. The van der Waals surface area contributed by atoms with Crippen molar-refractivity contribution >= 4 is 50.0 Å². The number of hydrogen-bond acceptors (Lipinski definition) is 4. The van der Waals surface area contributed by atoms with E-state index in [0.717, 1.165) is 6.54 Å². The first-order valence-electron chi connectivity index (χ1n) is 6.50. The molecule has 0 radical (unpaired) electrons. The lowest BCUT2D eigenvalue weighted by atomic mass is 10.2. The third kappa shape index (κ3) is 6.21. The number of hydrogen-bond donors (Lipinski definition) is 3. The van der Waals surface area contributed by atoms with E-state index in [2.05, 4.69) is 31.3 Å². The van der Waals surface area contributed by atoms with Crippen LogP contribution in [0.25, 0.3) is 0 Å². The van der Waals surface area contributed by atoms with Gasteiger partial charge >= 0.3 is 0 Å². The molecule has 1 aromatic carbocycles. The molecule has 0 atom stereocenters. The van der Waals surface area contributed by atoms with Crippen molar-refractivity contribution in [3.63, 3.8) is 0 Å². The summed E-state index contributed by atoms with van der Waals surface area (Å²) in [5.74, 6) is -0.212. The highest BCUT2D eigenvalue weighted by Crippen LogP contribution is 2.28. The van der Waals surface area contributed by atoms with Crippen LogP contribution >= 0.6 is 28.3 Å². The fraction of sp³-hybridized carbons (Fsp3) is 0.462. The molecule has 1 rings (SSSR count). The second kappa shape index (κ2) is 9.46. The summed E-state index contributed by atoms with van der Waals surface area (Å²) >= 11 is 3.28. The molecule has 0 saturated heterocycles. The highest BCUT2D eigenvalue weighted by molar-refractivity contribution is 9.10. The van der Waals surface area contributed by atoms with Crippen LogP contribution in [-0.4, -0.2) is 34.5 Å². The minimum Gasteiger partial charge on any atom is -0.325 e. The number of carbonyl (C=O) groups is 1. The fourth-order valence-corrected chi connectivity index (χ4v) is 3.71. The van der Waals surface area contributed by atoms with Gasteiger partial charge in [-0.1, -0.05) is 0 Å². The number of amides is 1. The molecular formula is C13H21BrClN3O3S. The zero-order valence-corrected chi connectivity index (χ0v) is 15.9. The van der Waals surface area contributed by atoms with Gasteiger partial charge in [0.05, 0.1) is 10.6 Å². The van der Waals surface area contributed by atoms with Crippen LogP contribution in [0.5, 0.6) is 0 Å². The number of sulfonamides is 1. The Morgan fingerprint density at radius 2 is 1.91 bits per heavy atom. The first kappa shape index (κ1) is 21.3. The molecule has 0 aliphatic heterocycles. The van der Waals surface area contributed by atoms with Crippen LogP contribution < -0.4 is 15.4 Å². The lowest BCUT2D eigenvalue weighted by Gasteiger charge is -2.13. The first-order chi connectivity index (χ1) is 9.77. The Balaban J connectivity index is 0.00000441. The zero-order chi connectivity index (χ0) is 16.0. The van der Waals surface area contributed by atoms with Gasteiger partial charge in [0, 0.05) is 17.9 Å². The van der Waals surface area contributed by atoms with Gasteiger partial charge in [-0.2, -0.15) is 0 Å². The Kier molecular flexibility index (Phi) is 9.18. The molecule has 0 bridgehead atoms. The summed E-state index contributed by atoms with van der Waals surface area (Å²) in [5.41, 5.74) is 1.12. The maximum Gasteiger partial charge on any atom is 0.240 e. The maximum absolute atomic E-state index is 12.3. The smallest absolute Gasteiger partial charge is 0.240 e. The number of carbonyl (C=O) groups excluding carboxylic acids is 1. The summed E-state index contributed by atoms with van der Waals surface area (Å²) < 4.78 is 27.6. The van der Waals surface area contributed by atoms with E-state index in [1.165, 1.54) is 13.0 Å². The van der Waals surface area contributed by atoms with Crippen molar-refractivity contribution in [2.75, 3.05) is 25.5 Å². The molecule has 3 N–H and O–H groups in total. The molecule has 0 saturated carbocycles. The molecule has 0 aliphatic carbocycles. The lowest BCUT2D eigenvalue weighted by Crippen LogP contribution is -2.27. The summed E-state index contributed by atoms with van der Waals surface area (Å²) in [6, 6.07) is 3.13. The third-order valence-electron chi connectivity index (χ3n) is 2.76. The van der Waals surface area contributed by atoms with E-state index >= 15 is 0 Å². The van der Waals surface area contributed by atoms with Crippen molar-refractivity contribution in [2.24, 2.45) is 0 Å². The summed E-state index contributed by atoms with van der Waals surface area (Å²) in [6.07, 6.45) is 0.708. The van der Waals surface area contributed by atoms with Gasteiger partial charge in [-0.25, -0.2) is 13.1 Å². The van der Waals surface area contributed by atoms with E-state index in [-0.39, 0.29) is 23.2 Å². The quantitative estimate of drug-likeness (QED) is 0.596. The zero-order valence-electron chi connectivity index (χ0n) is 12.7. The topological polar surface area (TPSA) is 87.3 Å². The number of rotatable bonds is 7. The number of nitrogens with one attached hydrogen (secondary N) is 3. The van der Waals surface area contributed by atoms with Gasteiger partial charge < -0.3 is 10.6 Å². The summed E-state index contributed by atoms with van der Waals surface area (Å²) in [6.45, 7) is 4.20. The summed E-state index contributed by atoms with van der Waals surface area (Å²) in [5, 5.41) is 5.60. The normalized spacial score (nSPS) is 10.9. The van der Waals surface area contributed by atoms with E-state index in [9.17, 15) is 13.2 Å². The predicted molar refractivity (Wildman–Crippen MR) is 94.2 cm³/mol. The van der Waals surface area contributed by atoms with Crippen LogP contribution in [0.3, 0.4) is 0 Å². The molecule has 9 heteroatoms. The molecule has 0 unspecified atom stereocenters. The Morgan fingerprint density at radius 3 is 2.45 bits per heavy atom. The van der Waals surface area contributed by atoms with Gasteiger partial charge in [-0.15, -0.1) is 12.4 Å². The van der Waals surface area contributed by atoms with Crippen molar-refractivity contribution in [3.05, 3.63) is 22.2 Å². The molecule has 0 aliphatic rings. The Hall–Kier alpha value is -0.670. The number of anilines is 1. The van der Waals surface area contributed by atoms with Crippen LogP contribution in [-0.2, 0) is 14.8 Å². The Labute approximate surface area is 146 Å². The van der Waals surface area contributed by atoms with Crippen molar-refractivity contribution in [1.29, 1.82) is 0 Å². The Bertz CT molecular complexity index is 623. The van der Waals surface area contributed by atoms with Crippen molar-refractivity contribution < 1.29 is 13.2 Å². The van der Waals surface area contributed by atoms with Crippen LogP contribution in [0.1, 0.15) is 18.9 Å². The lowest BCUT2D eigenvalue weighted by molar-refractivity contribution is -0.114. The second-order valence-corrected chi connectivity index (χ2v) is 7.22. The SMILES string of the molecule is CNCCCNS(=O)(=O)c1cc(Br)c(NC(C)=O)cc1C.Cl. The average molecular weight is 415 g/mol. The van der Waals surface area contributed by atoms with Gasteiger partial charge in [0.25, 0.3) is 0 Å². The molecule has 0 spiro atoms. The summed E-state index contributed by atoms with van der Waals surface area (Å²) in [7, 11) is -1.74. The standard InChI is InChI=1S/C13H20BrN3O3S.ClH/c1-9-7-12(17-10(2)18)11(14)8-13(9)21(19,20)16-6-4-5-15-3;/h7-8,15-16H,4-6H2,1-3H3,(H,17,18);1H. The minimum absolute atomic E-state index is 0. The Morgan fingerprint density at radius 1 is 1.27 bits per heavy atom. The second-order valence-electron chi connectivity index (χ2n) is 4.63. The molecule has 6 nitrogen and oxygen atoms in total. The van der Waals surface area contributed by atoms with Crippen molar-refractivity contribution in [3.8, 4) is 0 Å². The molecule has 0 aromatic heterocycles. The van der Waals surface area contributed by atoms with Crippen molar-refractivity contribution in [1.82, 2.24) is 10.0 Å². The molecule has 1 amide bonds. The highest BCUT2D eigenvalue weighted by Gasteiger charge is 2.18. The summed E-state index contributed by atoms with van der Waals surface area (Å²) in [4.78, 5) is 11.3. The monoisotopic (exact) mass is 413 g/mol. The predicted octanol–water partition coefficient (Wildman–Crippen LogP) is 2.03. The van der Waals surface area contributed by atoms with E-state index in [4.69, 9.17) is 0 Å². The number of halogens is 2. The van der Waals surface area contributed by atoms with Crippen LogP contribution in [0.4, 0.5) is 5.69 Å². The van der Waals surface area contributed by atoms with Crippen molar-refractivity contribution in [2.45, 2.75) is 25.2 Å². The molecule has 1 aromatic rings. The largest absolute Gasteiger partial charge is 0.325 e. The van der Waals surface area contributed by atoms with Gasteiger partial charge in [-0.3, -0.25) is 4.79 Å². The van der Waals surface area contributed by atoms with Crippen LogP contribution in [0.15, 0.2) is 21.5 Å². The van der Waals surface area contributed by atoms with E-state index < -0.39 is 10.0 Å². The third-order valence-corrected chi connectivity index (χ3v) is 5.02. The van der Waals surface area contributed by atoms with Gasteiger partial charge in [0.2, 0.25) is 15.9 Å². The van der Waals surface area contributed by atoms with Crippen LogP contribution in [0.2, 0.25) is 0 Å². The maximum atomic E-state index is 12.3. The number of benzene rings is 1. The van der Waals surface area contributed by atoms with E-state index in [0.29, 0.717) is 28.7 Å².